The predicted octanol–water partition coefficient (Wildman–Crippen LogP) is 7.25. The zero-order valence-corrected chi connectivity index (χ0v) is 23.6. The van der Waals surface area contributed by atoms with Gasteiger partial charge >= 0.3 is 7.60 Å². The molecule has 6 nitrogen and oxygen atoms in total. The van der Waals surface area contributed by atoms with Crippen molar-refractivity contribution in [1.29, 1.82) is 0 Å². The molecule has 3 aromatic carbocycles. The second-order valence-corrected chi connectivity index (χ2v) is 12.2. The number of halogens is 1. The van der Waals surface area contributed by atoms with Crippen LogP contribution in [-0.4, -0.2) is 34.1 Å². The molecule has 0 radical (unpaired) electrons. The molecule has 4 rings (SSSR count). The van der Waals surface area contributed by atoms with Crippen LogP contribution in [-0.2, 0) is 19.2 Å². The van der Waals surface area contributed by atoms with Crippen LogP contribution < -0.4 is 0 Å². The first-order valence-corrected chi connectivity index (χ1v) is 15.1. The maximum Gasteiger partial charge on any atom is 0.330 e. The summed E-state index contributed by atoms with van der Waals surface area (Å²) in [5.41, 5.74) is 2.57. The van der Waals surface area contributed by atoms with E-state index in [1.165, 1.54) is 0 Å². The quantitative estimate of drug-likeness (QED) is 0.0727. The fourth-order valence-corrected chi connectivity index (χ4v) is 6.11. The first-order valence-electron chi connectivity index (χ1n) is 12.1. The van der Waals surface area contributed by atoms with E-state index in [2.05, 4.69) is 95.4 Å². The van der Waals surface area contributed by atoms with Crippen LogP contribution in [0.15, 0.2) is 97.3 Å². The summed E-state index contributed by atoms with van der Waals surface area (Å²) >= 11 is 2.33. The lowest BCUT2D eigenvalue weighted by molar-refractivity contribution is 0.210. The van der Waals surface area contributed by atoms with Crippen molar-refractivity contribution in [3.8, 4) is 0 Å². The largest absolute Gasteiger partial charge is 0.330 e. The van der Waals surface area contributed by atoms with Crippen LogP contribution >= 0.6 is 30.2 Å². The van der Waals surface area contributed by atoms with Gasteiger partial charge in [-0.3, -0.25) is 4.57 Å². The third kappa shape index (κ3) is 5.65. The third-order valence-corrected chi connectivity index (χ3v) is 9.26. The summed E-state index contributed by atoms with van der Waals surface area (Å²) in [6, 6.07) is 31.2. The predicted molar refractivity (Wildman–Crippen MR) is 152 cm³/mol. The molecule has 8 heteroatoms. The van der Waals surface area contributed by atoms with Gasteiger partial charge in [0.2, 0.25) is 0 Å². The maximum atomic E-state index is 12.6. The Morgan fingerprint density at radius 3 is 1.81 bits per heavy atom. The zero-order chi connectivity index (χ0) is 25.4. The minimum Gasteiger partial charge on any atom is -0.309 e. The Kier molecular flexibility index (Phi) is 9.12. The summed E-state index contributed by atoms with van der Waals surface area (Å²) in [7, 11) is -3.04. The van der Waals surface area contributed by atoms with Gasteiger partial charge in [0.1, 0.15) is 11.9 Å². The average molecular weight is 615 g/mol. The highest BCUT2D eigenvalue weighted by molar-refractivity contribution is 14.1. The van der Waals surface area contributed by atoms with E-state index in [4.69, 9.17) is 19.1 Å². The van der Waals surface area contributed by atoms with E-state index in [9.17, 15) is 4.57 Å². The molecule has 188 valence electrons. The lowest BCUT2D eigenvalue weighted by Crippen LogP contribution is -2.38. The smallest absolute Gasteiger partial charge is 0.309 e. The zero-order valence-electron chi connectivity index (χ0n) is 20.5. The number of nitrogens with zero attached hydrogens (tertiary/aromatic N) is 3. The minimum absolute atomic E-state index is 0.0178. The van der Waals surface area contributed by atoms with Crippen molar-refractivity contribution in [1.82, 2.24) is 14.8 Å². The molecule has 2 unspecified atom stereocenters. The van der Waals surface area contributed by atoms with E-state index in [0.29, 0.717) is 31.6 Å². The fraction of sp³-hybridized carbons (Fsp3) is 0.286. The van der Waals surface area contributed by atoms with Gasteiger partial charge in [-0.1, -0.05) is 121 Å². The van der Waals surface area contributed by atoms with Gasteiger partial charge in [0.05, 0.1) is 17.1 Å². The second kappa shape index (κ2) is 12.3. The maximum absolute atomic E-state index is 12.6. The molecule has 2 atom stereocenters. The highest BCUT2D eigenvalue weighted by Crippen LogP contribution is 2.48. The monoisotopic (exact) mass is 615 g/mol. The molecule has 0 aliphatic rings. The van der Waals surface area contributed by atoms with Gasteiger partial charge in [0.15, 0.2) is 5.82 Å². The van der Waals surface area contributed by atoms with E-state index in [-0.39, 0.29) is 3.92 Å². The molecule has 0 fully saturated rings. The Hall–Kier alpha value is -2.32. The third-order valence-electron chi connectivity index (χ3n) is 6.08. The number of benzene rings is 3. The van der Waals surface area contributed by atoms with Gasteiger partial charge in [-0.25, -0.2) is 9.67 Å². The van der Waals surface area contributed by atoms with Gasteiger partial charge in [-0.2, -0.15) is 5.10 Å². The van der Waals surface area contributed by atoms with Gasteiger partial charge in [-0.05, 0) is 30.0 Å². The van der Waals surface area contributed by atoms with Gasteiger partial charge in [0.25, 0.3) is 0 Å². The number of hydrogen-bond acceptors (Lipinski definition) is 5. The van der Waals surface area contributed by atoms with E-state index < -0.39 is 13.1 Å². The average Bonchev–Trinajstić information content (AvgIpc) is 3.42. The van der Waals surface area contributed by atoms with Crippen molar-refractivity contribution in [3.63, 3.8) is 0 Å². The van der Waals surface area contributed by atoms with Crippen molar-refractivity contribution in [3.05, 3.63) is 120 Å². The normalized spacial score (nSPS) is 14.3. The first-order chi connectivity index (χ1) is 17.5. The molecule has 1 heterocycles. The van der Waals surface area contributed by atoms with Crippen molar-refractivity contribution in [2.24, 2.45) is 0 Å². The highest BCUT2D eigenvalue weighted by Gasteiger charge is 2.40. The molecule has 0 aliphatic carbocycles. The number of hydrogen-bond donors (Lipinski definition) is 0. The van der Waals surface area contributed by atoms with Crippen LogP contribution in [0, 0.1) is 0 Å². The summed E-state index contributed by atoms with van der Waals surface area (Å²) in [4.78, 5) is 4.72. The van der Waals surface area contributed by atoms with E-state index in [1.807, 2.05) is 43.1 Å². The summed E-state index contributed by atoms with van der Waals surface area (Å²) < 4.78 is 25.6. The van der Waals surface area contributed by atoms with Crippen LogP contribution in [0.1, 0.15) is 46.7 Å². The Balaban J connectivity index is 1.72. The Morgan fingerprint density at radius 2 is 1.36 bits per heavy atom. The first kappa shape index (κ1) is 26.7. The molecule has 0 spiro atoms. The van der Waals surface area contributed by atoms with Gasteiger partial charge < -0.3 is 9.05 Å². The molecule has 36 heavy (non-hydrogen) atoms. The molecular formula is C28H31IN3O3P. The van der Waals surface area contributed by atoms with Crippen LogP contribution in [0.2, 0.25) is 0 Å². The molecule has 0 saturated carbocycles. The van der Waals surface area contributed by atoms with Crippen molar-refractivity contribution in [2.75, 3.05) is 19.4 Å². The highest BCUT2D eigenvalue weighted by atomic mass is 127. The number of rotatable bonds is 12. The standard InChI is InChI=1S/C28H31IN3O3P/c1-3-34-36(33,4-2)35-21-20-26(29)27-30-22-32(31-27)28(23-14-8-5-9-15-23,24-16-10-6-11-17-24)25-18-12-7-13-19-25/h5-19,22,26H,3-4,20-21H2,1-2H3. The molecular weight excluding hydrogens is 584 g/mol. The van der Waals surface area contributed by atoms with Crippen LogP contribution in [0.25, 0.3) is 0 Å². The number of alkyl halides is 1. The second-order valence-electron chi connectivity index (χ2n) is 8.29. The molecule has 0 amide bonds. The van der Waals surface area contributed by atoms with Crippen LogP contribution in [0.5, 0.6) is 0 Å². The topological polar surface area (TPSA) is 66.2 Å². The molecule has 0 saturated heterocycles. The van der Waals surface area contributed by atoms with Crippen molar-refractivity contribution < 1.29 is 13.6 Å². The summed E-state index contributed by atoms with van der Waals surface area (Å²) in [6.07, 6.45) is 2.79. The van der Waals surface area contributed by atoms with Crippen molar-refractivity contribution >= 4 is 30.2 Å². The SMILES string of the molecule is CCOP(=O)(CC)OCCC(I)c1ncn(C(c2ccccc2)(c2ccccc2)c2ccccc2)n1. The Morgan fingerprint density at radius 1 is 0.861 bits per heavy atom. The molecule has 4 aromatic rings. The van der Waals surface area contributed by atoms with E-state index in [1.54, 1.807) is 0 Å². The summed E-state index contributed by atoms with van der Waals surface area (Å²) in [6.45, 7) is 4.32. The van der Waals surface area contributed by atoms with E-state index >= 15 is 0 Å². The molecule has 0 N–H and O–H groups in total. The summed E-state index contributed by atoms with van der Waals surface area (Å²) in [5.74, 6) is 0.703. The van der Waals surface area contributed by atoms with Crippen LogP contribution in [0.4, 0.5) is 0 Å². The summed E-state index contributed by atoms with van der Waals surface area (Å²) in [5, 5.41) is 5.03. The molecule has 0 aliphatic heterocycles. The molecule has 0 bridgehead atoms. The molecule has 1 aromatic heterocycles. The van der Waals surface area contributed by atoms with Gasteiger partial charge in [-0.15, -0.1) is 0 Å². The fourth-order valence-electron chi connectivity index (χ4n) is 4.36. The van der Waals surface area contributed by atoms with E-state index in [0.717, 1.165) is 16.7 Å². The minimum atomic E-state index is -3.04. The van der Waals surface area contributed by atoms with Crippen LogP contribution in [0.3, 0.4) is 0 Å². The van der Waals surface area contributed by atoms with Gasteiger partial charge in [0, 0.05) is 6.16 Å². The lowest BCUT2D eigenvalue weighted by Gasteiger charge is -2.35. The number of aromatic nitrogens is 3. The lowest BCUT2D eigenvalue weighted by atomic mass is 9.77. The Bertz CT molecular complexity index is 1170. The van der Waals surface area contributed by atoms with Crippen molar-refractivity contribution in [2.45, 2.75) is 29.7 Å². The Labute approximate surface area is 226 Å².